The summed E-state index contributed by atoms with van der Waals surface area (Å²) in [5.41, 5.74) is 0. The van der Waals surface area contributed by atoms with Gasteiger partial charge in [0.05, 0.1) is 0 Å². The van der Waals surface area contributed by atoms with Crippen molar-refractivity contribution in [2.75, 3.05) is 0 Å². The van der Waals surface area contributed by atoms with Crippen LogP contribution < -0.4 is 3.51 Å². The molecule has 3 heteroatoms. The van der Waals surface area contributed by atoms with Crippen molar-refractivity contribution in [3.8, 4) is 0 Å². The molecule has 0 aliphatic rings. The number of benzene rings is 1. The Morgan fingerprint density at radius 3 is 2.40 bits per heavy atom. The summed E-state index contributed by atoms with van der Waals surface area (Å²) in [4.78, 5) is 10.2. The Kier molecular flexibility index (Phi) is 2.76. The second kappa shape index (κ2) is 3.62. The van der Waals surface area contributed by atoms with Crippen LogP contribution in [0.4, 0.5) is 4.79 Å². The average Bonchev–Trinajstić information content (AvgIpc) is 1.88. The fourth-order valence-electron chi connectivity index (χ4n) is 0.613. The van der Waals surface area contributed by atoms with E-state index in [1.54, 1.807) is 0 Å². The molecule has 0 aliphatic heterocycles. The van der Waals surface area contributed by atoms with E-state index >= 15 is 0 Å². The molecule has 0 fully saturated rings. The van der Waals surface area contributed by atoms with Crippen LogP contribution in [0.3, 0.4) is 0 Å². The Hall–Kier alpha value is -0.492. The van der Waals surface area contributed by atoms with Crippen molar-refractivity contribution in [3.63, 3.8) is 0 Å². The molecule has 0 amide bonds. The molecule has 0 saturated carbocycles. The van der Waals surface area contributed by atoms with E-state index in [1.807, 2.05) is 30.3 Å². The van der Waals surface area contributed by atoms with Gasteiger partial charge in [-0.25, -0.2) is 0 Å². The van der Waals surface area contributed by atoms with Gasteiger partial charge in [0.1, 0.15) is 0 Å². The SMILES string of the molecule is O=[C](O)[Sb][c]1ccccc1. The summed E-state index contributed by atoms with van der Waals surface area (Å²) < 4.78 is 0.357. The number of rotatable bonds is 2. The third-order valence-electron chi connectivity index (χ3n) is 0.981. The molecule has 1 aromatic rings. The maximum atomic E-state index is 10.2. The molecule has 1 aromatic carbocycles. The van der Waals surface area contributed by atoms with E-state index in [1.165, 1.54) is 0 Å². The van der Waals surface area contributed by atoms with Gasteiger partial charge < -0.3 is 0 Å². The molecule has 0 atom stereocenters. The molecule has 10 heavy (non-hydrogen) atoms. The fourth-order valence-corrected chi connectivity index (χ4v) is 2.16. The molecular formula is C7H6O2Sb. The van der Waals surface area contributed by atoms with Crippen LogP contribution in [0.15, 0.2) is 30.3 Å². The Morgan fingerprint density at radius 1 is 1.30 bits per heavy atom. The summed E-state index contributed by atoms with van der Waals surface area (Å²) >= 11 is -1.15. The Bertz CT molecular complexity index is 220. The monoisotopic (exact) mass is 243 g/mol. The average molecular weight is 244 g/mol. The molecule has 0 aromatic heterocycles. The van der Waals surface area contributed by atoms with Crippen molar-refractivity contribution in [1.29, 1.82) is 0 Å². The third-order valence-corrected chi connectivity index (χ3v) is 3.11. The van der Waals surface area contributed by atoms with Crippen molar-refractivity contribution in [3.05, 3.63) is 30.3 Å². The molecule has 51 valence electrons. The summed E-state index contributed by atoms with van der Waals surface area (Å²) in [6.07, 6.45) is 0. The molecule has 0 spiro atoms. The van der Waals surface area contributed by atoms with Crippen LogP contribution >= 0.6 is 0 Å². The summed E-state index contributed by atoms with van der Waals surface area (Å²) in [5, 5.41) is 8.43. The molecule has 1 N–H and O–H groups in total. The van der Waals surface area contributed by atoms with Gasteiger partial charge in [-0.3, -0.25) is 0 Å². The van der Waals surface area contributed by atoms with Gasteiger partial charge in [-0.15, -0.1) is 0 Å². The quantitative estimate of drug-likeness (QED) is 0.777. The first-order chi connectivity index (χ1) is 4.79. The third kappa shape index (κ3) is 2.40. The molecule has 1 radical (unpaired) electrons. The zero-order chi connectivity index (χ0) is 7.40. The van der Waals surface area contributed by atoms with Gasteiger partial charge in [-0.1, -0.05) is 0 Å². The van der Waals surface area contributed by atoms with E-state index in [4.69, 9.17) is 5.11 Å². The van der Waals surface area contributed by atoms with Crippen LogP contribution in [-0.2, 0) is 0 Å². The zero-order valence-electron chi connectivity index (χ0n) is 5.19. The number of carboxylic acid groups (broad SMARTS) is 1. The van der Waals surface area contributed by atoms with Crippen molar-refractivity contribution in [1.82, 2.24) is 0 Å². The molecule has 0 unspecified atom stereocenters. The molecule has 0 heterocycles. The summed E-state index contributed by atoms with van der Waals surface area (Å²) in [6, 6.07) is 9.36. The van der Waals surface area contributed by atoms with Crippen LogP contribution in [0.5, 0.6) is 0 Å². The van der Waals surface area contributed by atoms with E-state index in [9.17, 15) is 4.79 Å². The predicted molar refractivity (Wildman–Crippen MR) is 39.9 cm³/mol. The van der Waals surface area contributed by atoms with Crippen molar-refractivity contribution >= 4 is 29.0 Å². The Labute approximate surface area is 69.4 Å². The Morgan fingerprint density at radius 2 is 1.90 bits per heavy atom. The molecule has 0 bridgehead atoms. The van der Waals surface area contributed by atoms with Crippen LogP contribution in [0.25, 0.3) is 0 Å². The number of hydrogen-bond acceptors (Lipinski definition) is 1. The fraction of sp³-hybridized carbons (Fsp3) is 0. The van der Waals surface area contributed by atoms with Crippen molar-refractivity contribution in [2.45, 2.75) is 0 Å². The van der Waals surface area contributed by atoms with E-state index in [0.29, 0.717) is 0 Å². The number of carbonyl (C=O) groups is 1. The van der Waals surface area contributed by atoms with E-state index in [2.05, 4.69) is 0 Å². The van der Waals surface area contributed by atoms with Gasteiger partial charge in [0.25, 0.3) is 0 Å². The van der Waals surface area contributed by atoms with Gasteiger partial charge in [0, 0.05) is 0 Å². The molecule has 2 nitrogen and oxygen atoms in total. The second-order valence-corrected chi connectivity index (χ2v) is 4.93. The first-order valence-corrected chi connectivity index (χ1v) is 5.34. The maximum absolute atomic E-state index is 10.2. The molecule has 0 saturated heterocycles. The van der Waals surface area contributed by atoms with Gasteiger partial charge in [-0.2, -0.15) is 0 Å². The van der Waals surface area contributed by atoms with Gasteiger partial charge >= 0.3 is 69.3 Å². The van der Waals surface area contributed by atoms with E-state index in [-0.39, 0.29) is 0 Å². The normalized spacial score (nSPS) is 9.20. The Balaban J connectivity index is 2.67. The first kappa shape index (κ1) is 7.61. The minimum absolute atomic E-state index is 0.636. The van der Waals surface area contributed by atoms with Gasteiger partial charge in [-0.05, 0) is 0 Å². The van der Waals surface area contributed by atoms with Gasteiger partial charge in [0.2, 0.25) is 0 Å². The van der Waals surface area contributed by atoms with Crippen LogP contribution in [-0.4, -0.2) is 30.6 Å². The summed E-state index contributed by atoms with van der Waals surface area (Å²) in [5.74, 6) is 0. The zero-order valence-corrected chi connectivity index (χ0v) is 7.74. The summed E-state index contributed by atoms with van der Waals surface area (Å²) in [7, 11) is 0. The van der Waals surface area contributed by atoms with Crippen LogP contribution in [0, 0.1) is 0 Å². The molecule has 1 rings (SSSR count). The minimum atomic E-state index is -1.15. The van der Waals surface area contributed by atoms with E-state index < -0.39 is 25.5 Å². The van der Waals surface area contributed by atoms with Crippen molar-refractivity contribution in [2.24, 2.45) is 0 Å². The first-order valence-electron chi connectivity index (χ1n) is 2.79. The van der Waals surface area contributed by atoms with Crippen LogP contribution in [0.2, 0.25) is 0 Å². The second-order valence-electron chi connectivity index (χ2n) is 1.73. The van der Waals surface area contributed by atoms with Crippen LogP contribution in [0.1, 0.15) is 0 Å². The molecular weight excluding hydrogens is 238 g/mol. The van der Waals surface area contributed by atoms with Gasteiger partial charge in [0.15, 0.2) is 0 Å². The molecule has 0 aliphatic carbocycles. The van der Waals surface area contributed by atoms with E-state index in [0.717, 1.165) is 3.51 Å². The number of hydrogen-bond donors (Lipinski definition) is 1. The standard InChI is InChI=1S/C6H5.CHO2.Sb/c1-2-4-6-5-3-1;2-1-3;/h1-5H;(H,2,3);. The predicted octanol–water partition coefficient (Wildman–Crippen LogP) is 0.694. The van der Waals surface area contributed by atoms with Crippen molar-refractivity contribution < 1.29 is 9.90 Å². The summed E-state index contributed by atoms with van der Waals surface area (Å²) in [6.45, 7) is 0. The topological polar surface area (TPSA) is 37.3 Å².